The summed E-state index contributed by atoms with van der Waals surface area (Å²) in [6, 6.07) is 0. The molecular weight excluding hydrogens is 164 g/mol. The second kappa shape index (κ2) is 2.12. The summed E-state index contributed by atoms with van der Waals surface area (Å²) in [6.07, 6.45) is 2.48. The normalized spacial score (nSPS) is 25.3. The van der Waals surface area contributed by atoms with E-state index in [-0.39, 0.29) is 12.2 Å². The number of hydrogen-bond acceptors (Lipinski definition) is 3. The van der Waals surface area contributed by atoms with Gasteiger partial charge >= 0.3 is 0 Å². The van der Waals surface area contributed by atoms with Crippen LogP contribution in [0.25, 0.3) is 0 Å². The van der Waals surface area contributed by atoms with Crippen LogP contribution in [-0.4, -0.2) is 15.9 Å². The number of nitrogen functional groups attached to an aromatic ring is 1. The van der Waals surface area contributed by atoms with Gasteiger partial charge in [0.15, 0.2) is 0 Å². The summed E-state index contributed by atoms with van der Waals surface area (Å²) in [5, 5.41) is 0. The van der Waals surface area contributed by atoms with Gasteiger partial charge in [-0.2, -0.15) is 0 Å². The van der Waals surface area contributed by atoms with E-state index in [9.17, 15) is 8.78 Å². The van der Waals surface area contributed by atoms with Crippen molar-refractivity contribution >= 4 is 5.82 Å². The minimum Gasteiger partial charge on any atom is -0.382 e. The largest absolute Gasteiger partial charge is 0.382 e. The number of nitrogens with two attached hydrogens (primary N) is 1. The van der Waals surface area contributed by atoms with Gasteiger partial charge in [-0.15, -0.1) is 0 Å². The number of halogens is 2. The van der Waals surface area contributed by atoms with E-state index in [1.165, 1.54) is 12.4 Å². The lowest BCUT2D eigenvalue weighted by molar-refractivity contribution is 0.111. The average molecular weight is 171 g/mol. The Bertz CT molecular complexity index is 296. The molecule has 5 heteroatoms. The maximum Gasteiger partial charge on any atom is 0.257 e. The first-order valence-electron chi connectivity index (χ1n) is 3.55. The Morgan fingerprint density at radius 1 is 1.42 bits per heavy atom. The summed E-state index contributed by atoms with van der Waals surface area (Å²) in [6.45, 7) is 0. The summed E-state index contributed by atoms with van der Waals surface area (Å²) >= 11 is 0. The fourth-order valence-corrected chi connectivity index (χ4v) is 1.06. The highest BCUT2D eigenvalue weighted by Crippen LogP contribution is 2.54. The Hall–Kier alpha value is -1.26. The van der Waals surface area contributed by atoms with Crippen molar-refractivity contribution in [3.05, 3.63) is 18.1 Å². The molecule has 0 radical (unpaired) electrons. The van der Waals surface area contributed by atoms with Crippen molar-refractivity contribution < 1.29 is 8.78 Å². The zero-order chi connectivity index (χ0) is 8.77. The highest BCUT2D eigenvalue weighted by Gasteiger charge is 2.58. The van der Waals surface area contributed by atoms with Crippen molar-refractivity contribution in [2.24, 2.45) is 0 Å². The van der Waals surface area contributed by atoms with E-state index in [4.69, 9.17) is 5.73 Å². The van der Waals surface area contributed by atoms with Crippen LogP contribution in [0, 0.1) is 0 Å². The quantitative estimate of drug-likeness (QED) is 0.690. The molecule has 1 fully saturated rings. The van der Waals surface area contributed by atoms with Crippen LogP contribution >= 0.6 is 0 Å². The SMILES string of the molecule is Nc1cnc(C2CC2(F)F)cn1. The Morgan fingerprint density at radius 3 is 2.50 bits per heavy atom. The minimum absolute atomic E-state index is 0.119. The lowest BCUT2D eigenvalue weighted by atomic mass is 10.3. The number of rotatable bonds is 1. The van der Waals surface area contributed by atoms with Gasteiger partial charge in [-0.05, 0) is 0 Å². The molecule has 0 spiro atoms. The van der Waals surface area contributed by atoms with E-state index < -0.39 is 11.8 Å². The first-order chi connectivity index (χ1) is 5.59. The lowest BCUT2D eigenvalue weighted by Crippen LogP contribution is -1.98. The molecule has 1 aromatic rings. The molecule has 1 aliphatic carbocycles. The molecule has 1 atom stereocenters. The van der Waals surface area contributed by atoms with Crippen LogP contribution in [0.5, 0.6) is 0 Å². The van der Waals surface area contributed by atoms with Gasteiger partial charge < -0.3 is 5.73 Å². The van der Waals surface area contributed by atoms with Crippen LogP contribution in [0.15, 0.2) is 12.4 Å². The van der Waals surface area contributed by atoms with E-state index in [2.05, 4.69) is 9.97 Å². The average Bonchev–Trinajstić information content (AvgIpc) is 2.61. The molecule has 0 aromatic carbocycles. The van der Waals surface area contributed by atoms with Gasteiger partial charge in [-0.25, -0.2) is 13.8 Å². The maximum absolute atomic E-state index is 12.5. The zero-order valence-corrected chi connectivity index (χ0v) is 6.17. The Morgan fingerprint density at radius 2 is 2.08 bits per heavy atom. The van der Waals surface area contributed by atoms with Crippen LogP contribution < -0.4 is 5.73 Å². The summed E-state index contributed by atoms with van der Waals surface area (Å²) < 4.78 is 25.0. The van der Waals surface area contributed by atoms with Crippen LogP contribution in [0.1, 0.15) is 18.0 Å². The fraction of sp³-hybridized carbons (Fsp3) is 0.429. The van der Waals surface area contributed by atoms with Gasteiger partial charge in [0.2, 0.25) is 0 Å². The van der Waals surface area contributed by atoms with Crippen LogP contribution in [0.3, 0.4) is 0 Å². The van der Waals surface area contributed by atoms with Gasteiger partial charge in [0.05, 0.1) is 24.0 Å². The lowest BCUT2D eigenvalue weighted by Gasteiger charge is -1.97. The molecule has 0 saturated heterocycles. The third kappa shape index (κ3) is 1.11. The Balaban J connectivity index is 2.21. The van der Waals surface area contributed by atoms with E-state index >= 15 is 0 Å². The molecule has 0 aliphatic heterocycles. The van der Waals surface area contributed by atoms with Gasteiger partial charge in [0.1, 0.15) is 5.82 Å². The molecule has 2 N–H and O–H groups in total. The predicted molar refractivity (Wildman–Crippen MR) is 38.7 cm³/mol. The molecule has 1 unspecified atom stereocenters. The van der Waals surface area contributed by atoms with Crippen molar-refractivity contribution in [2.45, 2.75) is 18.3 Å². The molecular formula is C7H7F2N3. The maximum atomic E-state index is 12.5. The van der Waals surface area contributed by atoms with Crippen molar-refractivity contribution in [2.75, 3.05) is 5.73 Å². The summed E-state index contributed by atoms with van der Waals surface area (Å²) in [5.41, 5.74) is 5.58. The van der Waals surface area contributed by atoms with Crippen LogP contribution in [-0.2, 0) is 0 Å². The van der Waals surface area contributed by atoms with E-state index in [0.717, 1.165) is 0 Å². The van der Waals surface area contributed by atoms with Crippen molar-refractivity contribution in [3.63, 3.8) is 0 Å². The smallest absolute Gasteiger partial charge is 0.257 e. The molecule has 0 amide bonds. The molecule has 0 bridgehead atoms. The molecule has 2 rings (SSSR count). The number of alkyl halides is 2. The third-order valence-corrected chi connectivity index (χ3v) is 1.87. The Labute approximate surface area is 67.6 Å². The van der Waals surface area contributed by atoms with Gasteiger partial charge in [-0.1, -0.05) is 0 Å². The second-order valence-corrected chi connectivity index (χ2v) is 2.88. The first-order valence-corrected chi connectivity index (χ1v) is 3.55. The van der Waals surface area contributed by atoms with Crippen molar-refractivity contribution in [1.29, 1.82) is 0 Å². The van der Waals surface area contributed by atoms with Crippen LogP contribution in [0.4, 0.5) is 14.6 Å². The number of anilines is 1. The molecule has 1 saturated carbocycles. The van der Waals surface area contributed by atoms with E-state index in [0.29, 0.717) is 5.69 Å². The van der Waals surface area contributed by atoms with Gasteiger partial charge in [0, 0.05) is 6.42 Å². The Kier molecular flexibility index (Phi) is 1.31. The van der Waals surface area contributed by atoms with E-state index in [1.807, 2.05) is 0 Å². The van der Waals surface area contributed by atoms with Crippen LogP contribution in [0.2, 0.25) is 0 Å². The molecule has 1 aromatic heterocycles. The topological polar surface area (TPSA) is 51.8 Å². The number of nitrogens with zero attached hydrogens (tertiary/aromatic N) is 2. The zero-order valence-electron chi connectivity index (χ0n) is 6.17. The predicted octanol–water partition coefficient (Wildman–Crippen LogP) is 1.18. The monoisotopic (exact) mass is 171 g/mol. The minimum atomic E-state index is -2.58. The standard InChI is InChI=1S/C7H7F2N3/c8-7(9)1-4(7)5-2-12-6(10)3-11-5/h2-4H,1H2,(H2,10,12). The molecule has 1 aliphatic rings. The molecule has 64 valence electrons. The van der Waals surface area contributed by atoms with Gasteiger partial charge in [0.25, 0.3) is 5.92 Å². The van der Waals surface area contributed by atoms with Gasteiger partial charge in [-0.3, -0.25) is 4.98 Å². The summed E-state index contributed by atoms with van der Waals surface area (Å²) in [7, 11) is 0. The van der Waals surface area contributed by atoms with Crippen molar-refractivity contribution in [3.8, 4) is 0 Å². The second-order valence-electron chi connectivity index (χ2n) is 2.88. The third-order valence-electron chi connectivity index (χ3n) is 1.87. The number of hydrogen-bond donors (Lipinski definition) is 1. The molecule has 1 heterocycles. The first kappa shape index (κ1) is 7.39. The molecule has 3 nitrogen and oxygen atoms in total. The highest BCUT2D eigenvalue weighted by atomic mass is 19.3. The molecule has 12 heavy (non-hydrogen) atoms. The fourth-order valence-electron chi connectivity index (χ4n) is 1.06. The summed E-state index contributed by atoms with van der Waals surface area (Å²) in [4.78, 5) is 7.46. The number of aromatic nitrogens is 2. The summed E-state index contributed by atoms with van der Waals surface area (Å²) in [5.74, 6) is -3.07. The van der Waals surface area contributed by atoms with E-state index in [1.54, 1.807) is 0 Å². The highest BCUT2D eigenvalue weighted by molar-refractivity contribution is 5.27. The van der Waals surface area contributed by atoms with Crippen molar-refractivity contribution in [1.82, 2.24) is 9.97 Å².